The minimum absolute atomic E-state index is 0. The first-order chi connectivity index (χ1) is 13.2. The number of carbonyl (C=O) groups excluding carboxylic acids is 1. The van der Waals surface area contributed by atoms with Gasteiger partial charge in [0.1, 0.15) is 5.75 Å². The van der Waals surface area contributed by atoms with Crippen LogP contribution in [0, 0.1) is 5.92 Å². The van der Waals surface area contributed by atoms with Gasteiger partial charge in [-0.3, -0.25) is 14.6 Å². The van der Waals surface area contributed by atoms with Gasteiger partial charge in [0.05, 0.1) is 30.5 Å². The van der Waals surface area contributed by atoms with E-state index in [0.29, 0.717) is 6.54 Å². The zero-order valence-corrected chi connectivity index (χ0v) is 17.9. The fourth-order valence-corrected chi connectivity index (χ4v) is 4.87. The Labute approximate surface area is 176 Å². The minimum Gasteiger partial charge on any atom is -0.497 e. The van der Waals surface area contributed by atoms with Crippen LogP contribution in [0.1, 0.15) is 25.7 Å². The molecule has 0 atom stereocenters. The Morgan fingerprint density at radius 2 is 2.07 bits per heavy atom. The van der Waals surface area contributed by atoms with Crippen LogP contribution in [0.5, 0.6) is 5.75 Å². The number of morpholine rings is 1. The molecule has 2 fully saturated rings. The lowest BCUT2D eigenvalue weighted by molar-refractivity contribution is -0.122. The topological polar surface area (TPSA) is 54.9 Å². The third-order valence-corrected chi connectivity index (χ3v) is 6.59. The van der Waals surface area contributed by atoms with Crippen molar-refractivity contribution in [3.05, 3.63) is 18.2 Å². The number of hydrogen-bond acceptors (Lipinski definition) is 6. The summed E-state index contributed by atoms with van der Waals surface area (Å²) in [4.78, 5) is 22.3. The SMILES string of the molecule is COc1ccc2sc(N(CCN3CCOCC3)C(=O)C3CCCC3)nc2c1.Cl. The normalized spacial score (nSPS) is 18.2. The van der Waals surface area contributed by atoms with Crippen LogP contribution in [-0.2, 0) is 9.53 Å². The number of amides is 1. The molecule has 1 aliphatic heterocycles. The van der Waals surface area contributed by atoms with Gasteiger partial charge in [0, 0.05) is 38.2 Å². The molecule has 0 radical (unpaired) electrons. The second-order valence-electron chi connectivity index (χ2n) is 7.26. The van der Waals surface area contributed by atoms with Crippen LogP contribution in [0.25, 0.3) is 10.2 Å². The van der Waals surface area contributed by atoms with E-state index in [-0.39, 0.29) is 24.2 Å². The van der Waals surface area contributed by atoms with Gasteiger partial charge in [-0.15, -0.1) is 12.4 Å². The molecule has 1 amide bonds. The zero-order valence-electron chi connectivity index (χ0n) is 16.3. The lowest BCUT2D eigenvalue weighted by Gasteiger charge is -2.30. The number of hydrogen-bond donors (Lipinski definition) is 0. The molecule has 2 heterocycles. The zero-order chi connectivity index (χ0) is 18.6. The van der Waals surface area contributed by atoms with Gasteiger partial charge in [-0.2, -0.15) is 0 Å². The number of methoxy groups -OCH3 is 1. The van der Waals surface area contributed by atoms with Crippen molar-refractivity contribution >= 4 is 45.0 Å². The third-order valence-electron chi connectivity index (χ3n) is 5.53. The van der Waals surface area contributed by atoms with E-state index in [4.69, 9.17) is 14.5 Å². The summed E-state index contributed by atoms with van der Waals surface area (Å²) in [6, 6.07) is 5.91. The highest BCUT2D eigenvalue weighted by Gasteiger charge is 2.30. The monoisotopic (exact) mass is 425 g/mol. The van der Waals surface area contributed by atoms with Crippen LogP contribution in [-0.4, -0.2) is 62.3 Å². The van der Waals surface area contributed by atoms with Crippen molar-refractivity contribution in [3.8, 4) is 5.75 Å². The molecule has 1 saturated carbocycles. The Bertz CT molecular complexity index is 788. The summed E-state index contributed by atoms with van der Waals surface area (Å²) in [6.45, 7) is 4.97. The number of aromatic nitrogens is 1. The van der Waals surface area contributed by atoms with Crippen LogP contribution < -0.4 is 9.64 Å². The van der Waals surface area contributed by atoms with Gasteiger partial charge in [-0.1, -0.05) is 24.2 Å². The Morgan fingerprint density at radius 1 is 1.32 bits per heavy atom. The molecule has 0 bridgehead atoms. The van der Waals surface area contributed by atoms with Crippen molar-refractivity contribution in [2.24, 2.45) is 5.92 Å². The molecule has 1 saturated heterocycles. The predicted octanol–water partition coefficient (Wildman–Crippen LogP) is 3.58. The largest absolute Gasteiger partial charge is 0.497 e. The smallest absolute Gasteiger partial charge is 0.231 e. The third kappa shape index (κ3) is 4.76. The van der Waals surface area contributed by atoms with Crippen molar-refractivity contribution in [1.29, 1.82) is 0 Å². The Hall–Kier alpha value is -1.41. The first-order valence-corrected chi connectivity index (χ1v) is 10.6. The number of fused-ring (bicyclic) bond motifs is 1. The fraction of sp³-hybridized carbons (Fsp3) is 0.600. The summed E-state index contributed by atoms with van der Waals surface area (Å²) in [5.41, 5.74) is 0.893. The summed E-state index contributed by atoms with van der Waals surface area (Å²) in [7, 11) is 1.66. The highest BCUT2D eigenvalue weighted by Crippen LogP contribution is 2.34. The second-order valence-corrected chi connectivity index (χ2v) is 8.26. The molecule has 154 valence electrons. The van der Waals surface area contributed by atoms with E-state index in [1.54, 1.807) is 18.4 Å². The first-order valence-electron chi connectivity index (χ1n) is 9.80. The molecule has 0 unspecified atom stereocenters. The molecule has 2 aliphatic rings. The molecule has 2 aromatic rings. The van der Waals surface area contributed by atoms with E-state index in [1.165, 1.54) is 0 Å². The molecule has 1 aromatic heterocycles. The van der Waals surface area contributed by atoms with Gasteiger partial charge in [-0.25, -0.2) is 4.98 Å². The number of carbonyl (C=O) groups is 1. The van der Waals surface area contributed by atoms with E-state index in [2.05, 4.69) is 4.90 Å². The molecule has 6 nitrogen and oxygen atoms in total. The van der Waals surface area contributed by atoms with Crippen LogP contribution >= 0.6 is 23.7 Å². The molecule has 8 heteroatoms. The number of nitrogens with zero attached hydrogens (tertiary/aromatic N) is 3. The maximum Gasteiger partial charge on any atom is 0.231 e. The van der Waals surface area contributed by atoms with E-state index in [1.807, 2.05) is 23.1 Å². The van der Waals surface area contributed by atoms with Gasteiger partial charge in [0.2, 0.25) is 5.91 Å². The van der Waals surface area contributed by atoms with Gasteiger partial charge in [0.25, 0.3) is 0 Å². The first kappa shape index (κ1) is 21.3. The van der Waals surface area contributed by atoms with Gasteiger partial charge in [0.15, 0.2) is 5.13 Å². The number of rotatable bonds is 6. The van der Waals surface area contributed by atoms with E-state index in [9.17, 15) is 4.79 Å². The van der Waals surface area contributed by atoms with Gasteiger partial charge in [-0.05, 0) is 25.0 Å². The number of ether oxygens (including phenoxy) is 2. The van der Waals surface area contributed by atoms with Gasteiger partial charge >= 0.3 is 0 Å². The quantitative estimate of drug-likeness (QED) is 0.708. The standard InChI is InChI=1S/C20H27N3O3S.ClH/c1-25-16-6-7-18-17(14-16)21-20(27-18)23(19(24)15-4-2-3-5-15)9-8-22-10-12-26-13-11-22;/h6-7,14-15H,2-5,8-13H2,1H3;1H. The molecule has 0 spiro atoms. The second kappa shape index (κ2) is 9.87. The predicted molar refractivity (Wildman–Crippen MR) is 115 cm³/mol. The molecule has 4 rings (SSSR count). The average molecular weight is 426 g/mol. The van der Waals surface area contributed by atoms with E-state index in [0.717, 1.165) is 79.6 Å². The molecular formula is C20H28ClN3O3S. The Kier molecular flexibility index (Phi) is 7.51. The maximum absolute atomic E-state index is 13.2. The molecule has 0 N–H and O–H groups in total. The number of anilines is 1. The average Bonchev–Trinajstić information content (AvgIpc) is 3.38. The summed E-state index contributed by atoms with van der Waals surface area (Å²) >= 11 is 1.59. The Morgan fingerprint density at radius 3 is 2.79 bits per heavy atom. The van der Waals surface area contributed by atoms with E-state index < -0.39 is 0 Å². The van der Waals surface area contributed by atoms with Crippen molar-refractivity contribution in [1.82, 2.24) is 9.88 Å². The summed E-state index contributed by atoms with van der Waals surface area (Å²) in [5, 5.41) is 0.809. The molecular weight excluding hydrogens is 398 g/mol. The molecule has 28 heavy (non-hydrogen) atoms. The van der Waals surface area contributed by atoms with Crippen LogP contribution in [0.2, 0.25) is 0 Å². The summed E-state index contributed by atoms with van der Waals surface area (Å²) < 4.78 is 11.8. The number of thiazole rings is 1. The maximum atomic E-state index is 13.2. The Balaban J connectivity index is 0.00000225. The van der Waals surface area contributed by atoms with Gasteiger partial charge < -0.3 is 9.47 Å². The van der Waals surface area contributed by atoms with Crippen LogP contribution in [0.4, 0.5) is 5.13 Å². The van der Waals surface area contributed by atoms with Crippen LogP contribution in [0.3, 0.4) is 0 Å². The minimum atomic E-state index is 0. The number of benzene rings is 1. The highest BCUT2D eigenvalue weighted by atomic mass is 35.5. The van der Waals surface area contributed by atoms with Crippen LogP contribution in [0.15, 0.2) is 18.2 Å². The summed E-state index contributed by atoms with van der Waals surface area (Å²) in [6.07, 6.45) is 4.33. The van der Waals surface area contributed by atoms with Crippen molar-refractivity contribution in [3.63, 3.8) is 0 Å². The lowest BCUT2D eigenvalue weighted by atomic mass is 10.1. The number of halogens is 1. The van der Waals surface area contributed by atoms with E-state index >= 15 is 0 Å². The fourth-order valence-electron chi connectivity index (χ4n) is 3.90. The van der Waals surface area contributed by atoms with Crippen molar-refractivity contribution < 1.29 is 14.3 Å². The lowest BCUT2D eigenvalue weighted by Crippen LogP contribution is -2.44. The van der Waals surface area contributed by atoms with Crippen molar-refractivity contribution in [2.45, 2.75) is 25.7 Å². The molecule has 1 aromatic carbocycles. The highest BCUT2D eigenvalue weighted by molar-refractivity contribution is 7.22. The molecule has 1 aliphatic carbocycles. The summed E-state index contributed by atoms with van der Waals surface area (Å²) in [5.74, 6) is 1.18. The van der Waals surface area contributed by atoms with Crippen molar-refractivity contribution in [2.75, 3.05) is 51.4 Å².